The molecule has 6 atom stereocenters. The van der Waals surface area contributed by atoms with Crippen LogP contribution < -0.4 is 0 Å². The van der Waals surface area contributed by atoms with Crippen molar-refractivity contribution in [1.82, 2.24) is 0 Å². The molecular formula is C20H32Cl2O7Si2. The van der Waals surface area contributed by atoms with Crippen LogP contribution in [0.1, 0.15) is 38.5 Å². The van der Waals surface area contributed by atoms with Crippen LogP contribution in [0.4, 0.5) is 0 Å². The average molecular weight is 512 g/mol. The summed E-state index contributed by atoms with van der Waals surface area (Å²) in [6.07, 6.45) is 2.68. The maximum Gasteiger partial charge on any atom is 0.317 e. The van der Waals surface area contributed by atoms with Crippen LogP contribution >= 0.6 is 23.2 Å². The minimum atomic E-state index is -2.02. The molecule has 7 nitrogen and oxygen atoms in total. The minimum absolute atomic E-state index is 0.301. The van der Waals surface area contributed by atoms with E-state index in [4.69, 9.17) is 27.9 Å². The van der Waals surface area contributed by atoms with Gasteiger partial charge in [-0.05, 0) is 25.7 Å². The molecule has 2 aliphatic rings. The fourth-order valence-electron chi connectivity index (χ4n) is 5.72. The van der Waals surface area contributed by atoms with Crippen molar-refractivity contribution in [2.75, 3.05) is 0 Å². The summed E-state index contributed by atoms with van der Waals surface area (Å²) in [5.41, 5.74) is 0. The summed E-state index contributed by atoms with van der Waals surface area (Å²) < 4.78 is 5.46. The van der Waals surface area contributed by atoms with Crippen molar-refractivity contribution in [3.05, 3.63) is 0 Å². The number of esters is 2. The summed E-state index contributed by atoms with van der Waals surface area (Å²) in [6, 6.07) is 0. The van der Waals surface area contributed by atoms with Crippen molar-refractivity contribution >= 4 is 64.7 Å². The molecule has 0 radical (unpaired) electrons. The van der Waals surface area contributed by atoms with Gasteiger partial charge < -0.3 is 14.9 Å². The molecule has 2 rings (SSSR count). The molecule has 0 aliphatic heterocycles. The molecule has 0 spiro atoms. The molecule has 0 saturated heterocycles. The first kappa shape index (κ1) is 26.3. The number of carboxylic acids is 2. The maximum absolute atomic E-state index is 13.5. The number of carbonyl (C=O) groups is 4. The predicted octanol–water partition coefficient (Wildman–Crippen LogP) is 3.49. The van der Waals surface area contributed by atoms with E-state index in [1.165, 1.54) is 0 Å². The predicted molar refractivity (Wildman–Crippen MR) is 123 cm³/mol. The van der Waals surface area contributed by atoms with Crippen LogP contribution in [0.15, 0.2) is 0 Å². The van der Waals surface area contributed by atoms with E-state index < -0.39 is 74.1 Å². The molecule has 0 aromatic heterocycles. The highest BCUT2D eigenvalue weighted by atomic mass is 35.5. The van der Waals surface area contributed by atoms with Gasteiger partial charge in [-0.3, -0.25) is 19.2 Å². The zero-order chi connectivity index (χ0) is 23.7. The Kier molecular flexibility index (Phi) is 8.44. The Morgan fingerprint density at radius 1 is 0.774 bits per heavy atom. The lowest BCUT2D eigenvalue weighted by atomic mass is 9.76. The highest BCUT2D eigenvalue weighted by Gasteiger charge is 2.61. The van der Waals surface area contributed by atoms with Gasteiger partial charge in [0.15, 0.2) is 0 Å². The van der Waals surface area contributed by atoms with Gasteiger partial charge in [0.2, 0.25) is 0 Å². The van der Waals surface area contributed by atoms with Crippen LogP contribution in [0, 0.1) is 11.8 Å². The molecule has 0 bridgehead atoms. The Morgan fingerprint density at radius 3 is 1.35 bits per heavy atom. The first-order chi connectivity index (χ1) is 14.3. The molecule has 11 heteroatoms. The number of alkyl halides is 2. The molecule has 6 unspecified atom stereocenters. The van der Waals surface area contributed by atoms with Gasteiger partial charge in [0, 0.05) is 10.8 Å². The van der Waals surface area contributed by atoms with Gasteiger partial charge in [0.25, 0.3) is 0 Å². The smallest absolute Gasteiger partial charge is 0.317 e. The summed E-state index contributed by atoms with van der Waals surface area (Å²) in [6.45, 7) is 7.44. The average Bonchev–Trinajstić information content (AvgIpc) is 2.65. The molecule has 0 heterocycles. The van der Waals surface area contributed by atoms with Crippen LogP contribution in [0.2, 0.25) is 36.3 Å². The van der Waals surface area contributed by atoms with Gasteiger partial charge in [-0.15, -0.1) is 23.2 Å². The molecule has 176 valence electrons. The van der Waals surface area contributed by atoms with Crippen molar-refractivity contribution in [1.29, 1.82) is 0 Å². The number of ether oxygens (including phenoxy) is 1. The number of rotatable bonds is 6. The number of aliphatic carboxylic acids is 2. The first-order valence-corrected chi connectivity index (χ1v) is 17.5. The summed E-state index contributed by atoms with van der Waals surface area (Å²) in [5, 5.41) is 15.6. The number of carbonyl (C=O) groups excluding carboxylic acids is 2. The molecule has 0 amide bonds. The highest BCUT2D eigenvalue weighted by molar-refractivity contribution is 6.66. The number of hydrogen-bond donors (Lipinski definition) is 2. The quantitative estimate of drug-likeness (QED) is 0.243. The third-order valence-electron chi connectivity index (χ3n) is 7.51. The monoisotopic (exact) mass is 510 g/mol. The Labute approximate surface area is 196 Å². The topological polar surface area (TPSA) is 118 Å². The molecule has 2 aliphatic carbocycles. The van der Waals surface area contributed by atoms with Crippen LogP contribution in [-0.2, 0) is 23.9 Å². The van der Waals surface area contributed by atoms with E-state index in [1.54, 1.807) is 0 Å². The third kappa shape index (κ3) is 4.47. The number of halogens is 2. The summed E-state index contributed by atoms with van der Waals surface area (Å²) in [7, 11) is -4.04. The third-order valence-corrected chi connectivity index (χ3v) is 14.3. The number of hydrogen-bond acceptors (Lipinski definition) is 5. The minimum Gasteiger partial charge on any atom is -0.481 e. The van der Waals surface area contributed by atoms with Crippen LogP contribution in [0.5, 0.6) is 0 Å². The maximum atomic E-state index is 13.5. The highest BCUT2D eigenvalue weighted by Crippen LogP contribution is 2.56. The largest absolute Gasteiger partial charge is 0.481 e. The van der Waals surface area contributed by atoms with Crippen molar-refractivity contribution in [3.63, 3.8) is 0 Å². The SMILES string of the molecule is C[SiH](C)C1(C(=O)OC(=O)C2([SiH](C)C)CCCC(Cl)C2C(=O)O)CCCC(Cl)C1C(=O)O. The van der Waals surface area contributed by atoms with Crippen LogP contribution in [-0.4, -0.2) is 62.4 Å². The normalized spacial score (nSPS) is 36.3. The molecule has 2 saturated carbocycles. The Hall–Kier alpha value is -0.906. The molecule has 2 N–H and O–H groups in total. The first-order valence-electron chi connectivity index (χ1n) is 10.8. The Balaban J connectivity index is 2.48. The summed E-state index contributed by atoms with van der Waals surface area (Å²) in [4.78, 5) is 51.2. The second kappa shape index (κ2) is 9.93. The molecule has 0 aromatic carbocycles. The van der Waals surface area contributed by atoms with Gasteiger partial charge in [-0.25, -0.2) is 0 Å². The summed E-state index contributed by atoms with van der Waals surface area (Å²) >= 11 is 12.7. The van der Waals surface area contributed by atoms with Crippen LogP contribution in [0.25, 0.3) is 0 Å². The van der Waals surface area contributed by atoms with E-state index >= 15 is 0 Å². The lowest BCUT2D eigenvalue weighted by Gasteiger charge is -2.47. The van der Waals surface area contributed by atoms with Crippen molar-refractivity contribution < 1.29 is 34.1 Å². The second-order valence-electron chi connectivity index (χ2n) is 9.52. The number of carboxylic acid groups (broad SMARTS) is 2. The van der Waals surface area contributed by atoms with E-state index in [0.29, 0.717) is 38.5 Å². The molecule has 0 aromatic rings. The second-order valence-corrected chi connectivity index (χ2v) is 17.3. The Morgan fingerprint density at radius 2 is 1.10 bits per heavy atom. The molecule has 31 heavy (non-hydrogen) atoms. The van der Waals surface area contributed by atoms with E-state index in [-0.39, 0.29) is 0 Å². The fraction of sp³-hybridized carbons (Fsp3) is 0.800. The lowest BCUT2D eigenvalue weighted by Crippen LogP contribution is -2.55. The summed E-state index contributed by atoms with van der Waals surface area (Å²) in [5.74, 6) is -6.31. The van der Waals surface area contributed by atoms with E-state index in [1.807, 2.05) is 26.2 Å². The van der Waals surface area contributed by atoms with Gasteiger partial charge in [0.1, 0.15) is 0 Å². The van der Waals surface area contributed by atoms with Gasteiger partial charge >= 0.3 is 23.9 Å². The molecule has 2 fully saturated rings. The van der Waals surface area contributed by atoms with E-state index in [2.05, 4.69) is 0 Å². The zero-order valence-corrected chi connectivity index (χ0v) is 22.2. The van der Waals surface area contributed by atoms with Crippen molar-refractivity contribution in [2.45, 2.75) is 85.5 Å². The van der Waals surface area contributed by atoms with Gasteiger partial charge in [0.05, 0.1) is 39.5 Å². The van der Waals surface area contributed by atoms with E-state index in [0.717, 1.165) is 0 Å². The zero-order valence-electron chi connectivity index (χ0n) is 18.4. The van der Waals surface area contributed by atoms with E-state index in [9.17, 15) is 29.4 Å². The van der Waals surface area contributed by atoms with Crippen LogP contribution in [0.3, 0.4) is 0 Å². The molecular weight excluding hydrogens is 479 g/mol. The standard InChI is InChI=1S/C20H32Cl2O7Si2/c1-30(2)19(9-5-7-11(21)13(19)15(23)24)17(27)29-18(28)20(31(3)4)10-6-8-12(22)14(20)16(25)26/h11-14,30-31H,5-10H2,1-4H3,(H,23,24)(H,25,26). The Bertz CT molecular complexity index is 687. The van der Waals surface area contributed by atoms with Crippen molar-refractivity contribution in [3.8, 4) is 0 Å². The van der Waals surface area contributed by atoms with Crippen molar-refractivity contribution in [2.24, 2.45) is 11.8 Å². The van der Waals surface area contributed by atoms with Gasteiger partial charge in [-0.2, -0.15) is 0 Å². The van der Waals surface area contributed by atoms with Gasteiger partial charge in [-0.1, -0.05) is 39.0 Å². The lowest BCUT2D eigenvalue weighted by molar-refractivity contribution is -0.172. The fourth-order valence-corrected chi connectivity index (χ4v) is 11.7.